The van der Waals surface area contributed by atoms with Crippen molar-refractivity contribution in [2.75, 3.05) is 38.2 Å². The number of hydrogen-bond donors (Lipinski definition) is 0. The van der Waals surface area contributed by atoms with E-state index < -0.39 is 0 Å². The zero-order valence-corrected chi connectivity index (χ0v) is 12.2. The number of ether oxygens (including phenoxy) is 1. The highest BCUT2D eigenvalue weighted by molar-refractivity contribution is 5.41. The van der Waals surface area contributed by atoms with Crippen LogP contribution in [0.5, 0.6) is 5.88 Å². The van der Waals surface area contributed by atoms with Gasteiger partial charge in [-0.2, -0.15) is 0 Å². The molecule has 0 unspecified atom stereocenters. The number of hydrogen-bond acceptors (Lipinski definition) is 8. The molecule has 1 fully saturated rings. The second-order valence-electron chi connectivity index (χ2n) is 4.90. The first-order valence-corrected chi connectivity index (χ1v) is 6.87. The molecule has 2 aromatic rings. The van der Waals surface area contributed by atoms with Gasteiger partial charge in [0.05, 0.1) is 13.7 Å². The zero-order valence-electron chi connectivity index (χ0n) is 12.2. The standard InChI is InChI=1S/C13H18N6O2/c1-10-16-17-13(21-10)8-18-3-5-19(6-4-18)11-7-12(20-2)15-9-14-11/h7,9H,3-6,8H2,1-2H3. The second-order valence-corrected chi connectivity index (χ2v) is 4.90. The van der Waals surface area contributed by atoms with Crippen molar-refractivity contribution >= 4 is 5.82 Å². The number of aromatic nitrogens is 4. The van der Waals surface area contributed by atoms with Gasteiger partial charge in [0.2, 0.25) is 17.7 Å². The van der Waals surface area contributed by atoms with Crippen molar-refractivity contribution in [1.29, 1.82) is 0 Å². The third-order valence-electron chi connectivity index (χ3n) is 3.46. The van der Waals surface area contributed by atoms with Crippen LogP contribution in [0.15, 0.2) is 16.8 Å². The Kier molecular flexibility index (Phi) is 3.96. The lowest BCUT2D eigenvalue weighted by molar-refractivity contribution is 0.224. The topological polar surface area (TPSA) is 80.4 Å². The van der Waals surface area contributed by atoms with Crippen LogP contribution in [0.25, 0.3) is 0 Å². The molecular weight excluding hydrogens is 272 g/mol. The van der Waals surface area contributed by atoms with Crippen molar-refractivity contribution in [2.24, 2.45) is 0 Å². The van der Waals surface area contributed by atoms with Gasteiger partial charge in [-0.3, -0.25) is 4.90 Å². The van der Waals surface area contributed by atoms with E-state index in [1.165, 1.54) is 6.33 Å². The average Bonchev–Trinajstić information content (AvgIpc) is 2.93. The highest BCUT2D eigenvalue weighted by atomic mass is 16.5. The van der Waals surface area contributed by atoms with Crippen LogP contribution in [0.3, 0.4) is 0 Å². The summed E-state index contributed by atoms with van der Waals surface area (Å²) in [6.07, 6.45) is 1.53. The maximum Gasteiger partial charge on any atom is 0.230 e. The van der Waals surface area contributed by atoms with Crippen molar-refractivity contribution in [1.82, 2.24) is 25.1 Å². The number of piperazine rings is 1. The van der Waals surface area contributed by atoms with Gasteiger partial charge >= 0.3 is 0 Å². The highest BCUT2D eigenvalue weighted by Gasteiger charge is 2.20. The fourth-order valence-electron chi connectivity index (χ4n) is 2.34. The summed E-state index contributed by atoms with van der Waals surface area (Å²) in [6.45, 7) is 6.14. The molecule has 1 aliphatic heterocycles. The van der Waals surface area contributed by atoms with E-state index in [2.05, 4.69) is 30.0 Å². The normalized spacial score (nSPS) is 16.2. The van der Waals surface area contributed by atoms with Crippen LogP contribution in [0.1, 0.15) is 11.8 Å². The summed E-state index contributed by atoms with van der Waals surface area (Å²) in [7, 11) is 1.61. The van der Waals surface area contributed by atoms with Crippen molar-refractivity contribution in [3.8, 4) is 5.88 Å². The van der Waals surface area contributed by atoms with E-state index in [1.54, 1.807) is 14.0 Å². The van der Waals surface area contributed by atoms with Crippen LogP contribution in [0.2, 0.25) is 0 Å². The molecular formula is C13H18N6O2. The first-order chi connectivity index (χ1) is 10.2. The fourth-order valence-corrected chi connectivity index (χ4v) is 2.34. The van der Waals surface area contributed by atoms with E-state index in [0.717, 1.165) is 32.0 Å². The van der Waals surface area contributed by atoms with Crippen molar-refractivity contribution < 1.29 is 9.15 Å². The summed E-state index contributed by atoms with van der Waals surface area (Å²) in [5, 5.41) is 7.88. The van der Waals surface area contributed by atoms with Gasteiger partial charge in [-0.25, -0.2) is 9.97 Å². The average molecular weight is 290 g/mol. The Bertz CT molecular complexity index is 594. The van der Waals surface area contributed by atoms with E-state index in [4.69, 9.17) is 9.15 Å². The summed E-state index contributed by atoms with van der Waals surface area (Å²) >= 11 is 0. The van der Waals surface area contributed by atoms with Crippen molar-refractivity contribution in [2.45, 2.75) is 13.5 Å². The first-order valence-electron chi connectivity index (χ1n) is 6.87. The molecule has 0 bridgehead atoms. The summed E-state index contributed by atoms with van der Waals surface area (Å²) in [4.78, 5) is 12.8. The number of anilines is 1. The van der Waals surface area contributed by atoms with Crippen molar-refractivity contribution in [3.05, 3.63) is 24.2 Å². The Morgan fingerprint density at radius 1 is 1.19 bits per heavy atom. The number of aryl methyl sites for hydroxylation is 1. The van der Waals surface area contributed by atoms with Crippen LogP contribution in [-0.4, -0.2) is 58.4 Å². The molecule has 0 atom stereocenters. The molecule has 0 spiro atoms. The van der Waals surface area contributed by atoms with E-state index in [-0.39, 0.29) is 0 Å². The fraction of sp³-hybridized carbons (Fsp3) is 0.538. The molecule has 0 aromatic carbocycles. The monoisotopic (exact) mass is 290 g/mol. The molecule has 0 radical (unpaired) electrons. The Morgan fingerprint density at radius 3 is 2.67 bits per heavy atom. The van der Waals surface area contributed by atoms with Crippen LogP contribution in [0, 0.1) is 6.92 Å². The van der Waals surface area contributed by atoms with Crippen molar-refractivity contribution in [3.63, 3.8) is 0 Å². The molecule has 0 amide bonds. The van der Waals surface area contributed by atoms with Gasteiger partial charge in [-0.1, -0.05) is 0 Å². The maximum absolute atomic E-state index is 5.41. The third kappa shape index (κ3) is 3.27. The Hall–Kier alpha value is -2.22. The van der Waals surface area contributed by atoms with Gasteiger partial charge in [0.15, 0.2) is 0 Å². The molecule has 21 heavy (non-hydrogen) atoms. The van der Waals surface area contributed by atoms with Crippen LogP contribution in [-0.2, 0) is 6.54 Å². The predicted molar refractivity (Wildman–Crippen MR) is 75.1 cm³/mol. The number of nitrogens with zero attached hydrogens (tertiary/aromatic N) is 6. The lowest BCUT2D eigenvalue weighted by Gasteiger charge is -2.34. The first kappa shape index (κ1) is 13.7. The summed E-state index contributed by atoms with van der Waals surface area (Å²) < 4.78 is 10.5. The predicted octanol–water partition coefficient (Wildman–Crippen LogP) is 0.499. The molecule has 0 N–H and O–H groups in total. The summed E-state index contributed by atoms with van der Waals surface area (Å²) in [5.74, 6) is 2.76. The molecule has 2 aromatic heterocycles. The van der Waals surface area contributed by atoms with Gasteiger partial charge in [0.1, 0.15) is 12.1 Å². The summed E-state index contributed by atoms with van der Waals surface area (Å²) in [6, 6.07) is 1.86. The molecule has 3 rings (SSSR count). The molecule has 0 saturated carbocycles. The lowest BCUT2D eigenvalue weighted by atomic mass is 10.3. The van der Waals surface area contributed by atoms with Gasteiger partial charge in [0.25, 0.3) is 0 Å². The van der Waals surface area contributed by atoms with E-state index in [1.807, 2.05) is 6.07 Å². The summed E-state index contributed by atoms with van der Waals surface area (Å²) in [5.41, 5.74) is 0. The number of rotatable bonds is 4. The van der Waals surface area contributed by atoms with Crippen LogP contribution >= 0.6 is 0 Å². The Labute approximate surface area is 122 Å². The SMILES string of the molecule is COc1cc(N2CCN(Cc3nnc(C)o3)CC2)ncn1. The zero-order chi connectivity index (χ0) is 14.7. The molecule has 112 valence electrons. The molecule has 1 saturated heterocycles. The minimum absolute atomic E-state index is 0.587. The Balaban J connectivity index is 1.57. The van der Waals surface area contributed by atoms with Gasteiger partial charge in [-0.15, -0.1) is 10.2 Å². The minimum atomic E-state index is 0.587. The smallest absolute Gasteiger partial charge is 0.230 e. The van der Waals surface area contributed by atoms with Crippen LogP contribution in [0.4, 0.5) is 5.82 Å². The van der Waals surface area contributed by atoms with E-state index in [9.17, 15) is 0 Å². The van der Waals surface area contributed by atoms with E-state index >= 15 is 0 Å². The van der Waals surface area contributed by atoms with E-state index in [0.29, 0.717) is 24.2 Å². The molecule has 8 nitrogen and oxygen atoms in total. The molecule has 1 aliphatic rings. The maximum atomic E-state index is 5.41. The van der Waals surface area contributed by atoms with Gasteiger partial charge in [-0.05, 0) is 0 Å². The largest absolute Gasteiger partial charge is 0.481 e. The van der Waals surface area contributed by atoms with Gasteiger partial charge < -0.3 is 14.1 Å². The Morgan fingerprint density at radius 2 is 2.00 bits per heavy atom. The molecule has 8 heteroatoms. The quantitative estimate of drug-likeness (QED) is 0.805. The number of methoxy groups -OCH3 is 1. The molecule has 0 aliphatic carbocycles. The lowest BCUT2D eigenvalue weighted by Crippen LogP contribution is -2.46. The minimum Gasteiger partial charge on any atom is -0.481 e. The second kappa shape index (κ2) is 6.04. The highest BCUT2D eigenvalue weighted by Crippen LogP contribution is 2.17. The van der Waals surface area contributed by atoms with Crippen LogP contribution < -0.4 is 9.64 Å². The third-order valence-corrected chi connectivity index (χ3v) is 3.46. The van der Waals surface area contributed by atoms with Gasteiger partial charge in [0, 0.05) is 39.2 Å². The molecule has 3 heterocycles.